The molecule has 0 radical (unpaired) electrons. The number of rotatable bonds is 7. The molecule has 0 saturated carbocycles. The van der Waals surface area contributed by atoms with Crippen LogP contribution in [0, 0.1) is 5.41 Å². The third kappa shape index (κ3) is 4.15. The van der Waals surface area contributed by atoms with E-state index in [1.54, 1.807) is 0 Å². The first-order valence-electron chi connectivity index (χ1n) is 7.82. The maximum Gasteiger partial charge on any atom is 0.0547 e. The van der Waals surface area contributed by atoms with Crippen LogP contribution in [0.1, 0.15) is 26.2 Å². The van der Waals surface area contributed by atoms with Crippen molar-refractivity contribution in [3.05, 3.63) is 0 Å². The molecule has 0 aromatic heterocycles. The summed E-state index contributed by atoms with van der Waals surface area (Å²) in [6, 6.07) is 0.753. The maximum absolute atomic E-state index is 5.67. The van der Waals surface area contributed by atoms with E-state index in [1.807, 2.05) is 0 Å². The molecule has 0 aromatic carbocycles. The normalized spacial score (nSPS) is 32.5. The van der Waals surface area contributed by atoms with E-state index in [1.165, 1.54) is 32.4 Å². The molecule has 0 bridgehead atoms. The lowest BCUT2D eigenvalue weighted by Gasteiger charge is -2.34. The molecule has 2 rings (SSSR count). The van der Waals surface area contributed by atoms with Gasteiger partial charge in [0.25, 0.3) is 0 Å². The fourth-order valence-corrected chi connectivity index (χ4v) is 3.57. The molecule has 2 saturated heterocycles. The highest BCUT2D eigenvalue weighted by atomic mass is 16.5. The molecule has 4 heteroatoms. The van der Waals surface area contributed by atoms with Gasteiger partial charge in [0.1, 0.15) is 0 Å². The van der Waals surface area contributed by atoms with E-state index in [4.69, 9.17) is 4.74 Å². The second-order valence-corrected chi connectivity index (χ2v) is 6.56. The molecular weight excluding hydrogens is 238 g/mol. The average molecular weight is 269 g/mol. The number of hydrogen-bond acceptors (Lipinski definition) is 4. The van der Waals surface area contributed by atoms with Gasteiger partial charge in [-0.3, -0.25) is 0 Å². The average Bonchev–Trinajstić information content (AvgIpc) is 2.98. The van der Waals surface area contributed by atoms with Gasteiger partial charge in [-0.2, -0.15) is 0 Å². The Morgan fingerprint density at radius 3 is 2.89 bits per heavy atom. The summed E-state index contributed by atoms with van der Waals surface area (Å²) in [6.07, 6.45) is 3.92. The monoisotopic (exact) mass is 269 g/mol. The quantitative estimate of drug-likeness (QED) is 0.747. The molecule has 0 amide bonds. The van der Waals surface area contributed by atoms with Gasteiger partial charge in [0, 0.05) is 37.7 Å². The van der Waals surface area contributed by atoms with Crippen LogP contribution in [0.25, 0.3) is 0 Å². The van der Waals surface area contributed by atoms with Gasteiger partial charge >= 0.3 is 0 Å². The number of ether oxygens (including phenoxy) is 1. The minimum absolute atomic E-state index is 0.335. The Hall–Kier alpha value is -0.160. The van der Waals surface area contributed by atoms with Crippen molar-refractivity contribution in [2.24, 2.45) is 5.41 Å². The summed E-state index contributed by atoms with van der Waals surface area (Å²) in [7, 11) is 4.54. The molecule has 2 unspecified atom stereocenters. The topological polar surface area (TPSA) is 27.7 Å². The Balaban J connectivity index is 1.82. The fraction of sp³-hybridized carbons (Fsp3) is 1.00. The summed E-state index contributed by atoms with van der Waals surface area (Å²) >= 11 is 0. The van der Waals surface area contributed by atoms with Gasteiger partial charge in [-0.15, -0.1) is 0 Å². The van der Waals surface area contributed by atoms with Gasteiger partial charge in [-0.25, -0.2) is 0 Å². The second kappa shape index (κ2) is 7.02. The first-order valence-corrected chi connectivity index (χ1v) is 7.82. The summed E-state index contributed by atoms with van der Waals surface area (Å²) < 4.78 is 5.67. The van der Waals surface area contributed by atoms with E-state index < -0.39 is 0 Å². The summed E-state index contributed by atoms with van der Waals surface area (Å²) in [4.78, 5) is 5.04. The van der Waals surface area contributed by atoms with Gasteiger partial charge in [-0.1, -0.05) is 6.92 Å². The molecule has 4 nitrogen and oxygen atoms in total. The molecule has 0 spiro atoms. The van der Waals surface area contributed by atoms with Crippen LogP contribution in [0.15, 0.2) is 0 Å². The molecule has 0 aromatic rings. The molecule has 2 fully saturated rings. The first-order chi connectivity index (χ1) is 9.15. The molecule has 2 aliphatic heterocycles. The van der Waals surface area contributed by atoms with Crippen LogP contribution < -0.4 is 5.32 Å². The Bertz CT molecular complexity index is 266. The van der Waals surface area contributed by atoms with Gasteiger partial charge in [0.05, 0.1) is 6.61 Å². The third-order valence-electron chi connectivity index (χ3n) is 4.73. The Labute approximate surface area is 118 Å². The van der Waals surface area contributed by atoms with Crippen molar-refractivity contribution in [1.82, 2.24) is 15.1 Å². The Kier molecular flexibility index (Phi) is 5.63. The molecule has 2 atom stereocenters. The van der Waals surface area contributed by atoms with Gasteiger partial charge in [0.2, 0.25) is 0 Å². The van der Waals surface area contributed by atoms with Crippen molar-refractivity contribution in [1.29, 1.82) is 0 Å². The number of hydrogen-bond donors (Lipinski definition) is 1. The molecule has 0 aliphatic carbocycles. The summed E-state index contributed by atoms with van der Waals surface area (Å²) in [5.41, 5.74) is 0.335. The number of likely N-dealkylation sites (tertiary alicyclic amines) is 1. The van der Waals surface area contributed by atoms with E-state index in [0.717, 1.165) is 38.9 Å². The smallest absolute Gasteiger partial charge is 0.0547 e. The summed E-state index contributed by atoms with van der Waals surface area (Å²) in [5.74, 6) is 0. The van der Waals surface area contributed by atoms with Crippen LogP contribution >= 0.6 is 0 Å². The highest BCUT2D eigenvalue weighted by Crippen LogP contribution is 2.29. The second-order valence-electron chi connectivity index (χ2n) is 6.56. The lowest BCUT2D eigenvalue weighted by molar-refractivity contribution is 0.108. The molecule has 2 heterocycles. The number of likely N-dealkylation sites (N-methyl/N-ethyl adjacent to an activating group) is 2. The van der Waals surface area contributed by atoms with Crippen LogP contribution in [-0.4, -0.2) is 75.9 Å². The van der Waals surface area contributed by atoms with Crippen molar-refractivity contribution in [3.8, 4) is 0 Å². The Morgan fingerprint density at radius 2 is 2.32 bits per heavy atom. The van der Waals surface area contributed by atoms with E-state index in [-0.39, 0.29) is 0 Å². The van der Waals surface area contributed by atoms with Crippen LogP contribution in [0.5, 0.6) is 0 Å². The Morgan fingerprint density at radius 1 is 1.47 bits per heavy atom. The maximum atomic E-state index is 5.67. The standard InChI is InChI=1S/C15H31N3O/c1-4-16-11-15(7-9-19-13-15)12-17(2)10-14-6-5-8-18(14)3/h14,16H,4-13H2,1-3H3. The van der Waals surface area contributed by atoms with Crippen molar-refractivity contribution < 1.29 is 4.74 Å². The molecular formula is C15H31N3O. The fourth-order valence-electron chi connectivity index (χ4n) is 3.57. The highest BCUT2D eigenvalue weighted by Gasteiger charge is 2.36. The largest absolute Gasteiger partial charge is 0.381 e. The van der Waals surface area contributed by atoms with Crippen LogP contribution in [0.3, 0.4) is 0 Å². The van der Waals surface area contributed by atoms with Gasteiger partial charge in [0.15, 0.2) is 0 Å². The molecule has 112 valence electrons. The van der Waals surface area contributed by atoms with Gasteiger partial charge < -0.3 is 19.9 Å². The lowest BCUT2D eigenvalue weighted by Crippen LogP contribution is -2.46. The SMILES string of the molecule is CCNCC1(CN(C)CC2CCCN2C)CCOC1. The van der Waals surface area contributed by atoms with E-state index >= 15 is 0 Å². The van der Waals surface area contributed by atoms with Crippen LogP contribution in [0.2, 0.25) is 0 Å². The predicted octanol–water partition coefficient (Wildman–Crippen LogP) is 1.03. The molecule has 1 N–H and O–H groups in total. The zero-order valence-corrected chi connectivity index (χ0v) is 13.0. The van der Waals surface area contributed by atoms with Crippen LogP contribution in [-0.2, 0) is 4.74 Å². The highest BCUT2D eigenvalue weighted by molar-refractivity contribution is 4.89. The zero-order valence-electron chi connectivity index (χ0n) is 13.0. The predicted molar refractivity (Wildman–Crippen MR) is 79.6 cm³/mol. The van der Waals surface area contributed by atoms with Crippen molar-refractivity contribution in [3.63, 3.8) is 0 Å². The van der Waals surface area contributed by atoms with Crippen molar-refractivity contribution in [2.75, 3.05) is 60.0 Å². The van der Waals surface area contributed by atoms with E-state index in [0.29, 0.717) is 5.41 Å². The van der Waals surface area contributed by atoms with Crippen LogP contribution in [0.4, 0.5) is 0 Å². The number of nitrogens with zero attached hydrogens (tertiary/aromatic N) is 2. The summed E-state index contributed by atoms with van der Waals surface area (Å²) in [6.45, 7) is 9.80. The van der Waals surface area contributed by atoms with E-state index in [9.17, 15) is 0 Å². The van der Waals surface area contributed by atoms with Crippen molar-refractivity contribution in [2.45, 2.75) is 32.2 Å². The van der Waals surface area contributed by atoms with Crippen molar-refractivity contribution >= 4 is 0 Å². The van der Waals surface area contributed by atoms with E-state index in [2.05, 4.69) is 36.1 Å². The molecule has 19 heavy (non-hydrogen) atoms. The van der Waals surface area contributed by atoms with Gasteiger partial charge in [-0.05, 0) is 46.4 Å². The third-order valence-corrected chi connectivity index (χ3v) is 4.73. The first kappa shape index (κ1) is 15.2. The summed E-state index contributed by atoms with van der Waals surface area (Å²) in [5, 5.41) is 3.52. The number of nitrogens with one attached hydrogen (secondary N) is 1. The zero-order chi connectivity index (χ0) is 13.7. The minimum atomic E-state index is 0.335. The molecule has 2 aliphatic rings. The minimum Gasteiger partial charge on any atom is -0.381 e. The lowest BCUT2D eigenvalue weighted by atomic mass is 9.86.